The van der Waals surface area contributed by atoms with E-state index in [2.05, 4.69) is 43.4 Å². The van der Waals surface area contributed by atoms with Crippen molar-refractivity contribution in [3.63, 3.8) is 0 Å². The third-order valence-corrected chi connectivity index (χ3v) is 3.83. The first-order valence-electron chi connectivity index (χ1n) is 6.85. The highest BCUT2D eigenvalue weighted by Crippen LogP contribution is 2.20. The van der Waals surface area contributed by atoms with Crippen molar-refractivity contribution in [2.45, 2.75) is 26.4 Å². The molecule has 0 fully saturated rings. The van der Waals surface area contributed by atoms with E-state index in [1.165, 1.54) is 11.1 Å². The smallest absolute Gasteiger partial charge is 0.248 e. The minimum atomic E-state index is -0.468. The molecule has 1 amide bonds. The number of amides is 1. The van der Waals surface area contributed by atoms with E-state index in [0.29, 0.717) is 17.1 Å². The van der Waals surface area contributed by atoms with Gasteiger partial charge in [-0.2, -0.15) is 0 Å². The summed E-state index contributed by atoms with van der Waals surface area (Å²) < 4.78 is 0. The molecule has 0 saturated heterocycles. The molecule has 0 radical (unpaired) electrons. The van der Waals surface area contributed by atoms with Gasteiger partial charge >= 0.3 is 0 Å². The average molecular weight is 303 g/mol. The minimum Gasteiger partial charge on any atom is -0.366 e. The first-order chi connectivity index (χ1) is 9.97. The van der Waals surface area contributed by atoms with Gasteiger partial charge in [0.05, 0.1) is 0 Å². The largest absolute Gasteiger partial charge is 0.366 e. The lowest BCUT2D eigenvalue weighted by atomic mass is 10.1. The van der Waals surface area contributed by atoms with Gasteiger partial charge < -0.3 is 11.1 Å². The van der Waals surface area contributed by atoms with Crippen LogP contribution in [0.5, 0.6) is 0 Å². The van der Waals surface area contributed by atoms with Gasteiger partial charge in [-0.15, -0.1) is 0 Å². The molecule has 1 atom stereocenters. The Morgan fingerprint density at radius 3 is 2.67 bits per heavy atom. The maximum absolute atomic E-state index is 11.1. The van der Waals surface area contributed by atoms with Gasteiger partial charge in [-0.25, -0.2) is 0 Å². The number of rotatable bonds is 5. The van der Waals surface area contributed by atoms with Gasteiger partial charge in [0, 0.05) is 23.2 Å². The zero-order valence-corrected chi connectivity index (χ0v) is 12.9. The van der Waals surface area contributed by atoms with Crippen LogP contribution in [-0.4, -0.2) is 5.91 Å². The second kappa shape index (κ2) is 6.74. The van der Waals surface area contributed by atoms with Gasteiger partial charge in [0.15, 0.2) is 0 Å². The fourth-order valence-corrected chi connectivity index (χ4v) is 2.41. The summed E-state index contributed by atoms with van der Waals surface area (Å²) >= 11 is 6.18. The molecular weight excluding hydrogens is 284 g/mol. The standard InChI is InChI=1S/C17H19ClN2O/c1-11-4-3-5-13(8-11)12(2)20-10-15-7-6-14(17(19)21)9-16(15)18/h3-9,12,20H,10H2,1-2H3,(H2,19,21)/t12-/m1/s1. The SMILES string of the molecule is Cc1cccc([C@@H](C)NCc2ccc(C(N)=O)cc2Cl)c1. The maximum atomic E-state index is 11.1. The molecule has 0 aliphatic rings. The van der Waals surface area contributed by atoms with Crippen molar-refractivity contribution < 1.29 is 4.79 Å². The Kier molecular flexibility index (Phi) is 4.99. The molecular formula is C17H19ClN2O. The lowest BCUT2D eigenvalue weighted by Crippen LogP contribution is -2.18. The molecule has 0 aromatic heterocycles. The van der Waals surface area contributed by atoms with Crippen LogP contribution in [0.15, 0.2) is 42.5 Å². The molecule has 21 heavy (non-hydrogen) atoms. The fraction of sp³-hybridized carbons (Fsp3) is 0.235. The summed E-state index contributed by atoms with van der Waals surface area (Å²) in [7, 11) is 0. The first kappa shape index (κ1) is 15.5. The molecule has 3 N–H and O–H groups in total. The quantitative estimate of drug-likeness (QED) is 0.886. The molecule has 2 aromatic rings. The number of hydrogen-bond donors (Lipinski definition) is 2. The van der Waals surface area contributed by atoms with Crippen LogP contribution >= 0.6 is 11.6 Å². The van der Waals surface area contributed by atoms with Crippen LogP contribution in [0.1, 0.15) is 40.0 Å². The number of carbonyl (C=O) groups is 1. The van der Waals surface area contributed by atoms with Gasteiger partial charge in [0.1, 0.15) is 0 Å². The summed E-state index contributed by atoms with van der Waals surface area (Å²) in [6, 6.07) is 13.8. The zero-order chi connectivity index (χ0) is 15.4. The van der Waals surface area contributed by atoms with Gasteiger partial charge in [0.2, 0.25) is 5.91 Å². The Morgan fingerprint density at radius 1 is 1.29 bits per heavy atom. The van der Waals surface area contributed by atoms with E-state index in [9.17, 15) is 4.79 Å². The first-order valence-corrected chi connectivity index (χ1v) is 7.23. The molecule has 0 unspecified atom stereocenters. The highest BCUT2D eigenvalue weighted by Gasteiger charge is 2.08. The Balaban J connectivity index is 2.04. The predicted octanol–water partition coefficient (Wildman–Crippen LogP) is 3.60. The second-order valence-electron chi connectivity index (χ2n) is 5.19. The highest BCUT2D eigenvalue weighted by molar-refractivity contribution is 6.31. The summed E-state index contributed by atoms with van der Waals surface area (Å²) in [5.41, 5.74) is 9.08. The van der Waals surface area contributed by atoms with Gasteiger partial charge in [0.25, 0.3) is 0 Å². The fourth-order valence-electron chi connectivity index (χ4n) is 2.16. The molecule has 4 heteroatoms. The molecule has 110 valence electrons. The third kappa shape index (κ3) is 4.06. The number of aryl methyl sites for hydroxylation is 1. The van der Waals surface area contributed by atoms with Crippen LogP contribution in [0.4, 0.5) is 0 Å². The second-order valence-corrected chi connectivity index (χ2v) is 5.59. The van der Waals surface area contributed by atoms with Crippen molar-refractivity contribution in [2.24, 2.45) is 5.73 Å². The minimum absolute atomic E-state index is 0.219. The molecule has 2 aromatic carbocycles. The number of hydrogen-bond acceptors (Lipinski definition) is 2. The van der Waals surface area contributed by atoms with Crippen LogP contribution in [0.2, 0.25) is 5.02 Å². The van der Waals surface area contributed by atoms with Gasteiger partial charge in [-0.05, 0) is 37.1 Å². The molecule has 0 bridgehead atoms. The van der Waals surface area contributed by atoms with Crippen molar-refractivity contribution in [1.29, 1.82) is 0 Å². The number of halogens is 1. The number of primary amides is 1. The summed E-state index contributed by atoms with van der Waals surface area (Å²) in [4.78, 5) is 11.1. The molecule has 0 spiro atoms. The molecule has 0 saturated carbocycles. The monoisotopic (exact) mass is 302 g/mol. The molecule has 0 aliphatic carbocycles. The van der Waals surface area contributed by atoms with Crippen molar-refractivity contribution in [3.05, 3.63) is 69.7 Å². The average Bonchev–Trinajstić information content (AvgIpc) is 2.45. The van der Waals surface area contributed by atoms with E-state index in [1.807, 2.05) is 6.07 Å². The number of carbonyl (C=O) groups excluding carboxylic acids is 1. The van der Waals surface area contributed by atoms with Crippen LogP contribution < -0.4 is 11.1 Å². The Bertz CT molecular complexity index is 655. The van der Waals surface area contributed by atoms with E-state index in [4.69, 9.17) is 17.3 Å². The van der Waals surface area contributed by atoms with Crippen LogP contribution in [0, 0.1) is 6.92 Å². The molecule has 0 aliphatic heterocycles. The Morgan fingerprint density at radius 2 is 2.05 bits per heavy atom. The van der Waals surface area contributed by atoms with E-state index >= 15 is 0 Å². The number of nitrogens with one attached hydrogen (secondary N) is 1. The van der Waals surface area contributed by atoms with E-state index in [0.717, 1.165) is 5.56 Å². The van der Waals surface area contributed by atoms with Crippen molar-refractivity contribution in [3.8, 4) is 0 Å². The molecule has 2 rings (SSSR count). The summed E-state index contributed by atoms with van der Waals surface area (Å²) in [6.45, 7) is 4.82. The van der Waals surface area contributed by atoms with Crippen LogP contribution in [0.25, 0.3) is 0 Å². The normalized spacial score (nSPS) is 12.1. The maximum Gasteiger partial charge on any atom is 0.248 e. The Labute approximate surface area is 130 Å². The van der Waals surface area contributed by atoms with E-state index in [-0.39, 0.29) is 6.04 Å². The van der Waals surface area contributed by atoms with Crippen molar-refractivity contribution in [1.82, 2.24) is 5.32 Å². The van der Waals surface area contributed by atoms with Gasteiger partial charge in [-0.3, -0.25) is 4.79 Å². The van der Waals surface area contributed by atoms with Crippen molar-refractivity contribution >= 4 is 17.5 Å². The summed E-state index contributed by atoms with van der Waals surface area (Å²) in [6.07, 6.45) is 0. The van der Waals surface area contributed by atoms with Gasteiger partial charge in [-0.1, -0.05) is 47.5 Å². The lowest BCUT2D eigenvalue weighted by molar-refractivity contribution is 0.100. The number of benzene rings is 2. The zero-order valence-electron chi connectivity index (χ0n) is 12.2. The van der Waals surface area contributed by atoms with Crippen LogP contribution in [-0.2, 0) is 6.54 Å². The third-order valence-electron chi connectivity index (χ3n) is 3.48. The van der Waals surface area contributed by atoms with Crippen molar-refractivity contribution in [2.75, 3.05) is 0 Å². The van der Waals surface area contributed by atoms with Crippen LogP contribution in [0.3, 0.4) is 0 Å². The summed E-state index contributed by atoms with van der Waals surface area (Å²) in [5.74, 6) is -0.468. The topological polar surface area (TPSA) is 55.1 Å². The number of nitrogens with two attached hydrogens (primary N) is 1. The van der Waals surface area contributed by atoms with E-state index < -0.39 is 5.91 Å². The highest BCUT2D eigenvalue weighted by atomic mass is 35.5. The molecule has 3 nitrogen and oxygen atoms in total. The Hall–Kier alpha value is -1.84. The summed E-state index contributed by atoms with van der Waals surface area (Å²) in [5, 5.41) is 3.98. The lowest BCUT2D eigenvalue weighted by Gasteiger charge is -2.15. The predicted molar refractivity (Wildman–Crippen MR) is 86.4 cm³/mol. The van der Waals surface area contributed by atoms with E-state index in [1.54, 1.807) is 12.1 Å². The molecule has 0 heterocycles.